The SMILES string of the molecule is CC[C@H](C)[C@@H]([C@@H](CC(=O)N1CCC[C@H]1[C@H](OC)[C@@H](C)C(=O)N[C@@H](Cc1ccccc1)C(=O)NS(=O)(=O)C1CC1)OC)N(C)C(=O)[C@@H](NC(C)=O)C(C)C. The van der Waals surface area contributed by atoms with Crippen LogP contribution in [-0.4, -0.2) is 117 Å². The molecule has 1 aliphatic heterocycles. The lowest BCUT2D eigenvalue weighted by Gasteiger charge is -2.40. The number of likely N-dealkylation sites (N-methyl/N-ethyl adjacent to an activating group) is 1. The zero-order valence-corrected chi connectivity index (χ0v) is 33.6. The van der Waals surface area contributed by atoms with Crippen LogP contribution in [0.1, 0.15) is 85.6 Å². The molecule has 2 aliphatic rings. The summed E-state index contributed by atoms with van der Waals surface area (Å²) in [4.78, 5) is 70.2. The predicted molar refractivity (Wildman–Crippen MR) is 201 cm³/mol. The summed E-state index contributed by atoms with van der Waals surface area (Å²) in [6, 6.07) is 6.16. The van der Waals surface area contributed by atoms with Crippen molar-refractivity contribution in [2.45, 2.75) is 128 Å². The zero-order valence-electron chi connectivity index (χ0n) is 32.8. The molecule has 1 saturated heterocycles. The van der Waals surface area contributed by atoms with Crippen LogP contribution in [-0.2, 0) is 49.9 Å². The summed E-state index contributed by atoms with van der Waals surface area (Å²) in [5.74, 6) is -3.14. The van der Waals surface area contributed by atoms with E-state index >= 15 is 0 Å². The summed E-state index contributed by atoms with van der Waals surface area (Å²) >= 11 is 0. The summed E-state index contributed by atoms with van der Waals surface area (Å²) in [6.45, 7) is 11.2. The van der Waals surface area contributed by atoms with Crippen molar-refractivity contribution in [3.8, 4) is 0 Å². The van der Waals surface area contributed by atoms with Crippen molar-refractivity contribution in [2.24, 2.45) is 17.8 Å². The number of ether oxygens (including phenoxy) is 2. The maximum Gasteiger partial charge on any atom is 0.256 e. The van der Waals surface area contributed by atoms with E-state index in [4.69, 9.17) is 9.47 Å². The van der Waals surface area contributed by atoms with E-state index in [1.807, 2.05) is 33.8 Å². The lowest BCUT2D eigenvalue weighted by Crippen LogP contribution is -2.57. The van der Waals surface area contributed by atoms with Crippen LogP contribution in [0.2, 0.25) is 0 Å². The van der Waals surface area contributed by atoms with Crippen LogP contribution in [0, 0.1) is 17.8 Å². The van der Waals surface area contributed by atoms with Crippen molar-refractivity contribution in [3.63, 3.8) is 0 Å². The van der Waals surface area contributed by atoms with Crippen molar-refractivity contribution in [1.29, 1.82) is 0 Å². The van der Waals surface area contributed by atoms with Crippen LogP contribution < -0.4 is 15.4 Å². The van der Waals surface area contributed by atoms with Crippen LogP contribution in [0.15, 0.2) is 30.3 Å². The van der Waals surface area contributed by atoms with Gasteiger partial charge in [0.25, 0.3) is 5.91 Å². The fourth-order valence-corrected chi connectivity index (χ4v) is 8.64. The van der Waals surface area contributed by atoms with Gasteiger partial charge in [0.15, 0.2) is 0 Å². The monoisotopic (exact) mass is 763 g/mol. The first kappa shape index (κ1) is 43.8. The molecule has 0 aromatic heterocycles. The molecule has 1 heterocycles. The molecular formula is C38H61N5O9S. The van der Waals surface area contributed by atoms with Gasteiger partial charge < -0.3 is 29.9 Å². The predicted octanol–water partition coefficient (Wildman–Crippen LogP) is 2.40. The molecule has 15 heteroatoms. The molecular weight excluding hydrogens is 703 g/mol. The Kier molecular flexibility index (Phi) is 16.3. The second-order valence-corrected chi connectivity index (χ2v) is 16.9. The van der Waals surface area contributed by atoms with Gasteiger partial charge in [0.1, 0.15) is 12.1 Å². The van der Waals surface area contributed by atoms with Gasteiger partial charge in [0, 0.05) is 41.2 Å². The highest BCUT2D eigenvalue weighted by atomic mass is 32.2. The molecule has 3 N–H and O–H groups in total. The minimum atomic E-state index is -3.85. The Morgan fingerprint density at radius 3 is 2.11 bits per heavy atom. The normalized spacial score (nSPS) is 20.0. The number of rotatable bonds is 20. The van der Waals surface area contributed by atoms with Crippen molar-refractivity contribution in [2.75, 3.05) is 27.8 Å². The van der Waals surface area contributed by atoms with Crippen molar-refractivity contribution in [1.82, 2.24) is 25.2 Å². The number of nitrogens with zero attached hydrogens (tertiary/aromatic N) is 2. The van der Waals surface area contributed by atoms with E-state index in [1.165, 1.54) is 21.1 Å². The van der Waals surface area contributed by atoms with Crippen LogP contribution in [0.25, 0.3) is 0 Å². The summed E-state index contributed by atoms with van der Waals surface area (Å²) < 4.78 is 39.2. The third-order valence-electron chi connectivity index (χ3n) is 10.7. The van der Waals surface area contributed by atoms with E-state index in [2.05, 4.69) is 15.4 Å². The maximum absolute atomic E-state index is 14.1. The molecule has 1 aromatic rings. The average molecular weight is 764 g/mol. The van der Waals surface area contributed by atoms with E-state index < -0.39 is 69.4 Å². The highest BCUT2D eigenvalue weighted by Crippen LogP contribution is 2.30. The van der Waals surface area contributed by atoms with E-state index in [-0.39, 0.29) is 42.4 Å². The molecule has 298 valence electrons. The number of benzene rings is 1. The Hall–Kier alpha value is -3.56. The van der Waals surface area contributed by atoms with Crippen LogP contribution in [0.5, 0.6) is 0 Å². The number of hydrogen-bond acceptors (Lipinski definition) is 9. The summed E-state index contributed by atoms with van der Waals surface area (Å²) in [6.07, 6.45) is 1.58. The molecule has 0 unspecified atom stereocenters. The van der Waals surface area contributed by atoms with Gasteiger partial charge in [0.05, 0.1) is 41.9 Å². The summed E-state index contributed by atoms with van der Waals surface area (Å²) in [7, 11) is 0.825. The third-order valence-corrected chi connectivity index (χ3v) is 12.5. The number of nitrogens with one attached hydrogen (secondary N) is 3. The van der Waals surface area contributed by atoms with Gasteiger partial charge in [-0.15, -0.1) is 0 Å². The average Bonchev–Trinajstić information content (AvgIpc) is 3.88. The molecule has 0 radical (unpaired) electrons. The molecule has 0 spiro atoms. The summed E-state index contributed by atoms with van der Waals surface area (Å²) in [5, 5.41) is 4.93. The lowest BCUT2D eigenvalue weighted by molar-refractivity contribution is -0.147. The van der Waals surface area contributed by atoms with Crippen LogP contribution in [0.4, 0.5) is 0 Å². The van der Waals surface area contributed by atoms with Gasteiger partial charge in [-0.2, -0.15) is 0 Å². The van der Waals surface area contributed by atoms with Crippen LogP contribution >= 0.6 is 0 Å². The number of amides is 5. The largest absolute Gasteiger partial charge is 0.379 e. The molecule has 3 rings (SSSR count). The number of hydrogen-bond donors (Lipinski definition) is 3. The van der Waals surface area contributed by atoms with Gasteiger partial charge in [-0.3, -0.25) is 28.7 Å². The first-order chi connectivity index (χ1) is 25.0. The van der Waals surface area contributed by atoms with Gasteiger partial charge in [0.2, 0.25) is 33.7 Å². The smallest absolute Gasteiger partial charge is 0.256 e. The highest BCUT2D eigenvalue weighted by molar-refractivity contribution is 7.90. The van der Waals surface area contributed by atoms with Gasteiger partial charge >= 0.3 is 0 Å². The standard InChI is InChI=1S/C38H61N5O9S/c1-10-24(4)34(42(7)38(48)33(23(2)3)39-26(6)44)31(51-8)22-32(45)43-20-14-17-30(43)35(52-9)25(5)36(46)40-29(21-27-15-12-11-13-16-27)37(47)41-53(49,50)28-18-19-28/h11-13,15-16,23-25,28-31,33-35H,10,14,17-22H2,1-9H3,(H,39,44)(H,40,46)(H,41,47)/t24-,25+,29-,30-,31+,33-,34-,35+/m0/s1. The number of methoxy groups -OCH3 is 2. The van der Waals surface area contributed by atoms with Gasteiger partial charge in [-0.25, -0.2) is 8.42 Å². The quantitative estimate of drug-likeness (QED) is 0.180. The Morgan fingerprint density at radius 2 is 1.58 bits per heavy atom. The number of carbonyl (C=O) groups is 5. The molecule has 5 amide bonds. The Labute approximate surface area is 315 Å². The minimum Gasteiger partial charge on any atom is -0.379 e. The molecule has 8 atom stereocenters. The molecule has 1 aromatic carbocycles. The van der Waals surface area contributed by atoms with Crippen molar-refractivity contribution < 1.29 is 41.9 Å². The van der Waals surface area contributed by atoms with E-state index in [0.717, 1.165) is 5.56 Å². The molecule has 14 nitrogen and oxygen atoms in total. The second-order valence-electron chi connectivity index (χ2n) is 15.0. The Morgan fingerprint density at radius 1 is 0.943 bits per heavy atom. The highest BCUT2D eigenvalue weighted by Gasteiger charge is 2.44. The molecule has 53 heavy (non-hydrogen) atoms. The fraction of sp³-hybridized carbons (Fsp3) is 0.711. The fourth-order valence-electron chi connectivity index (χ4n) is 7.29. The van der Waals surface area contributed by atoms with Gasteiger partial charge in [-0.05, 0) is 43.1 Å². The number of likely N-dealkylation sites (tertiary alicyclic amines) is 1. The van der Waals surface area contributed by atoms with E-state index in [0.29, 0.717) is 38.6 Å². The van der Waals surface area contributed by atoms with Crippen LogP contribution in [0.3, 0.4) is 0 Å². The van der Waals surface area contributed by atoms with E-state index in [1.54, 1.807) is 48.0 Å². The van der Waals surface area contributed by atoms with Crippen molar-refractivity contribution >= 4 is 39.6 Å². The second kappa shape index (κ2) is 19.7. The lowest BCUT2D eigenvalue weighted by atomic mass is 9.89. The summed E-state index contributed by atoms with van der Waals surface area (Å²) in [5.41, 5.74) is 0.742. The maximum atomic E-state index is 14.1. The topological polar surface area (TPSA) is 181 Å². The molecule has 1 saturated carbocycles. The van der Waals surface area contributed by atoms with Gasteiger partial charge in [-0.1, -0.05) is 71.4 Å². The molecule has 0 bridgehead atoms. The third kappa shape index (κ3) is 11.7. The Balaban J connectivity index is 1.79. The first-order valence-corrected chi connectivity index (χ1v) is 20.3. The van der Waals surface area contributed by atoms with E-state index in [9.17, 15) is 32.4 Å². The zero-order chi connectivity index (χ0) is 39.6. The molecule has 1 aliphatic carbocycles. The molecule has 2 fully saturated rings. The number of carbonyl (C=O) groups excluding carboxylic acids is 5. The Bertz CT molecular complexity index is 1520. The minimum absolute atomic E-state index is 0.0299. The number of sulfonamides is 1. The first-order valence-electron chi connectivity index (χ1n) is 18.8. The van der Waals surface area contributed by atoms with Crippen molar-refractivity contribution in [3.05, 3.63) is 35.9 Å².